The number of methoxy groups -OCH3 is 1. The molecule has 0 N–H and O–H groups in total. The second kappa shape index (κ2) is 16.6. The largest absolute Gasteiger partial charge is 3.00 e. The van der Waals surface area contributed by atoms with E-state index in [1.54, 1.807) is 6.92 Å². The molecule has 268 valence electrons. The molecular formula is C48H35CoN4O2. The zero-order chi connectivity index (χ0) is 36.9. The van der Waals surface area contributed by atoms with Crippen LogP contribution in [-0.4, -0.2) is 23.0 Å². The Balaban J connectivity index is 0.000000618. The molecule has 55 heavy (non-hydrogen) atoms. The van der Waals surface area contributed by atoms with Gasteiger partial charge in [-0.2, -0.15) is 6.92 Å². The van der Waals surface area contributed by atoms with Gasteiger partial charge in [-0.15, -0.1) is 22.1 Å². The molecule has 5 heterocycles. The number of carbonyl (C=O) groups excluding carboxylic acids is 1. The van der Waals surface area contributed by atoms with E-state index < -0.39 is 0 Å². The summed E-state index contributed by atoms with van der Waals surface area (Å²) >= 11 is 0. The van der Waals surface area contributed by atoms with Gasteiger partial charge in [0.2, 0.25) is 0 Å². The van der Waals surface area contributed by atoms with Crippen molar-refractivity contribution in [3.05, 3.63) is 175 Å². The summed E-state index contributed by atoms with van der Waals surface area (Å²) in [6, 6.07) is 50.0. The van der Waals surface area contributed by atoms with Crippen LogP contribution in [0.5, 0.6) is 0 Å². The first-order valence-corrected chi connectivity index (χ1v) is 17.8. The fourth-order valence-electron chi connectivity index (χ4n) is 6.81. The van der Waals surface area contributed by atoms with Crippen molar-refractivity contribution in [1.82, 2.24) is 19.9 Å². The molecule has 0 atom stereocenters. The zero-order valence-electron chi connectivity index (χ0n) is 30.2. The second-order valence-electron chi connectivity index (χ2n) is 12.6. The molecule has 0 spiro atoms. The van der Waals surface area contributed by atoms with Crippen LogP contribution >= 0.6 is 0 Å². The molecule has 0 radical (unpaired) electrons. The number of esters is 1. The summed E-state index contributed by atoms with van der Waals surface area (Å²) in [5.41, 5.74) is 15.0. The summed E-state index contributed by atoms with van der Waals surface area (Å²) in [7, 11) is 1.35. The molecule has 8 bridgehead atoms. The van der Waals surface area contributed by atoms with E-state index >= 15 is 0 Å². The third-order valence-electron chi connectivity index (χ3n) is 9.30. The molecule has 3 aromatic heterocycles. The molecule has 6 nitrogen and oxygen atoms in total. The SMILES string of the molecule is C1=Cc2nc1c(-c1ccccc1)c1ccc([n-]1)c(-c1ccccc1)c1nc(c(-c3ccccc3)c3ccc([n-]3)c2-c2ccccc2)C=C1.C[CH-]C(=O)OC.[Co+3]. The predicted molar refractivity (Wildman–Crippen MR) is 221 cm³/mol. The van der Waals surface area contributed by atoms with Gasteiger partial charge in [0.25, 0.3) is 0 Å². The minimum atomic E-state index is -0.282. The molecule has 9 rings (SSSR count). The molecule has 7 heteroatoms. The van der Waals surface area contributed by atoms with Crippen LogP contribution in [-0.2, 0) is 26.3 Å². The van der Waals surface area contributed by atoms with Crippen LogP contribution in [0, 0.1) is 6.42 Å². The number of nitrogens with zero attached hydrogens (tertiary/aromatic N) is 4. The molecule has 0 amide bonds. The topological polar surface area (TPSA) is 80.3 Å². The van der Waals surface area contributed by atoms with Crippen molar-refractivity contribution in [2.24, 2.45) is 0 Å². The van der Waals surface area contributed by atoms with Crippen LogP contribution in [0.25, 0.3) is 90.9 Å². The van der Waals surface area contributed by atoms with Crippen molar-refractivity contribution >= 4 is 52.3 Å². The van der Waals surface area contributed by atoms with Crippen LogP contribution in [0.1, 0.15) is 29.7 Å². The van der Waals surface area contributed by atoms with E-state index in [1.807, 2.05) is 24.3 Å². The summed E-state index contributed by atoms with van der Waals surface area (Å²) < 4.78 is 4.20. The Bertz CT molecular complexity index is 2330. The number of ether oxygens (including phenoxy) is 1. The van der Waals surface area contributed by atoms with E-state index in [0.29, 0.717) is 0 Å². The van der Waals surface area contributed by atoms with E-state index in [-0.39, 0.29) is 22.7 Å². The van der Waals surface area contributed by atoms with Crippen molar-refractivity contribution < 1.29 is 26.3 Å². The first kappa shape index (κ1) is 36.7. The molecule has 0 fully saturated rings. The van der Waals surface area contributed by atoms with Gasteiger partial charge in [-0.05, 0) is 68.8 Å². The van der Waals surface area contributed by atoms with Crippen molar-refractivity contribution in [3.8, 4) is 44.5 Å². The van der Waals surface area contributed by atoms with Crippen LogP contribution in [0.3, 0.4) is 0 Å². The maximum absolute atomic E-state index is 9.90. The standard InChI is InChI=1S/C44H28N4.C4H7O2.Co/c1-5-13-29(14-6-1)41-33-21-23-35(45-33)42(30-15-7-2-8-16-30)37-25-27-39(47-37)44(32-19-11-4-12-20-32)40-28-26-38(48-40)43(31-17-9-3-10-18-31)36-24-22-34(41)46-36;1-3-4(5)6-2;/h1-28H;3H,1-2H3;/q-2;-1;+3. The van der Waals surface area contributed by atoms with E-state index in [4.69, 9.17) is 19.9 Å². The molecule has 0 saturated carbocycles. The third kappa shape index (κ3) is 7.57. The van der Waals surface area contributed by atoms with Crippen LogP contribution in [0.4, 0.5) is 0 Å². The molecular weight excluding hydrogens is 723 g/mol. The minimum absolute atomic E-state index is 0. The van der Waals surface area contributed by atoms with E-state index in [9.17, 15) is 4.79 Å². The molecule has 2 aliphatic heterocycles. The van der Waals surface area contributed by atoms with Crippen molar-refractivity contribution in [3.63, 3.8) is 0 Å². The smallest absolute Gasteiger partial charge is 0.657 e. The summed E-state index contributed by atoms with van der Waals surface area (Å²) in [6.07, 6.45) is 9.77. The number of fused-ring (bicyclic) bond motifs is 8. The Morgan fingerprint density at radius 1 is 0.455 bits per heavy atom. The van der Waals surface area contributed by atoms with Crippen LogP contribution in [0.15, 0.2) is 146 Å². The van der Waals surface area contributed by atoms with E-state index in [0.717, 1.165) is 89.4 Å². The number of aromatic nitrogens is 4. The summed E-state index contributed by atoms with van der Waals surface area (Å²) in [6.45, 7) is 1.63. The van der Waals surface area contributed by atoms with Crippen molar-refractivity contribution in [2.75, 3.05) is 7.11 Å². The summed E-state index contributed by atoms with van der Waals surface area (Å²) in [5.74, 6) is -0.282. The number of benzene rings is 4. The number of rotatable bonds is 5. The van der Waals surface area contributed by atoms with Gasteiger partial charge in [-0.3, -0.25) is 11.2 Å². The fraction of sp³-hybridized carbons (Fsp3) is 0.0417. The molecule has 2 aliphatic rings. The van der Waals surface area contributed by atoms with Gasteiger partial charge >= 0.3 is 16.8 Å². The Labute approximate surface area is 330 Å². The molecule has 7 aromatic rings. The van der Waals surface area contributed by atoms with Gasteiger partial charge in [0, 0.05) is 0 Å². The average molecular weight is 759 g/mol. The average Bonchev–Trinajstić information content (AvgIpc) is 4.08. The molecule has 0 unspecified atom stereocenters. The monoisotopic (exact) mass is 758 g/mol. The minimum Gasteiger partial charge on any atom is -0.657 e. The summed E-state index contributed by atoms with van der Waals surface area (Å²) in [4.78, 5) is 31.1. The van der Waals surface area contributed by atoms with Gasteiger partial charge in [0.05, 0.1) is 29.9 Å². The Kier molecular flexibility index (Phi) is 11.0. The number of carbonyl (C=O) groups is 1. The summed E-state index contributed by atoms with van der Waals surface area (Å²) in [5, 5.41) is 0. The van der Waals surface area contributed by atoms with Gasteiger partial charge < -0.3 is 14.7 Å². The van der Waals surface area contributed by atoms with E-state index in [1.165, 1.54) is 13.5 Å². The van der Waals surface area contributed by atoms with Gasteiger partial charge in [-0.25, -0.2) is 9.97 Å². The second-order valence-corrected chi connectivity index (χ2v) is 12.6. The van der Waals surface area contributed by atoms with Crippen molar-refractivity contribution in [1.29, 1.82) is 0 Å². The maximum Gasteiger partial charge on any atom is 3.00 e. The van der Waals surface area contributed by atoms with E-state index in [2.05, 4.69) is 150 Å². The predicted octanol–water partition coefficient (Wildman–Crippen LogP) is 11.0. The first-order valence-electron chi connectivity index (χ1n) is 17.8. The zero-order valence-corrected chi connectivity index (χ0v) is 31.2. The first-order chi connectivity index (χ1) is 26.6. The normalized spacial score (nSPS) is 11.2. The van der Waals surface area contributed by atoms with Gasteiger partial charge in [0.1, 0.15) is 0 Å². The fourth-order valence-corrected chi connectivity index (χ4v) is 6.81. The van der Waals surface area contributed by atoms with Gasteiger partial charge in [-0.1, -0.05) is 146 Å². The quantitative estimate of drug-likeness (QED) is 0.128. The number of hydrogen-bond acceptors (Lipinski definition) is 4. The van der Waals surface area contributed by atoms with Crippen LogP contribution in [0.2, 0.25) is 0 Å². The third-order valence-corrected chi connectivity index (χ3v) is 9.30. The number of hydrogen-bond donors (Lipinski definition) is 0. The molecule has 0 aliphatic carbocycles. The Morgan fingerprint density at radius 2 is 0.709 bits per heavy atom. The Morgan fingerprint density at radius 3 is 0.909 bits per heavy atom. The molecule has 0 saturated heterocycles. The van der Waals surface area contributed by atoms with Gasteiger partial charge in [0.15, 0.2) is 5.97 Å². The Hall–Kier alpha value is -6.67. The maximum atomic E-state index is 9.90. The molecule has 4 aromatic carbocycles. The van der Waals surface area contributed by atoms with Crippen LogP contribution < -0.4 is 9.97 Å². The van der Waals surface area contributed by atoms with Crippen molar-refractivity contribution in [2.45, 2.75) is 6.92 Å².